The van der Waals surface area contributed by atoms with E-state index in [2.05, 4.69) is 34.4 Å². The number of amides is 1. The number of rotatable bonds is 13. The number of hydrogen-bond acceptors (Lipinski definition) is 6. The summed E-state index contributed by atoms with van der Waals surface area (Å²) in [4.78, 5) is 24.1. The van der Waals surface area contributed by atoms with Crippen LogP contribution in [0.3, 0.4) is 0 Å². The minimum absolute atomic E-state index is 0.0869. The molecule has 1 amide bonds. The zero-order valence-corrected chi connectivity index (χ0v) is 25.0. The standard InChI is InChI=1S/C24H37N5O2.C6H6.C2H6/c1-6-18(3)12-14-29(20-10-8-11-21(16-20)31-15-9-13-25-5)23(30)22-17-27-24(26-7-2)28-19(22)4;1-2-4-6-5-3-1;1-2/h8,10-11,16-18,25H,6-7,9,12-15H2,1-5H3,(H,26,27,28);1-6H;1-2H3. The first-order valence-corrected chi connectivity index (χ1v) is 14.3. The molecule has 0 radical (unpaired) electrons. The molecule has 0 saturated carbocycles. The number of aromatic nitrogens is 2. The maximum absolute atomic E-state index is 13.5. The lowest BCUT2D eigenvalue weighted by molar-refractivity contribution is 0.0984. The molecule has 0 aliphatic heterocycles. The average Bonchev–Trinajstić information content (AvgIpc) is 2.98. The average molecular weight is 536 g/mol. The maximum Gasteiger partial charge on any atom is 0.261 e. The van der Waals surface area contributed by atoms with E-state index in [1.165, 1.54) is 0 Å². The fourth-order valence-electron chi connectivity index (χ4n) is 3.53. The molecule has 0 bridgehead atoms. The van der Waals surface area contributed by atoms with Crippen LogP contribution in [0, 0.1) is 12.8 Å². The van der Waals surface area contributed by atoms with Crippen LogP contribution in [0.25, 0.3) is 0 Å². The fourth-order valence-corrected chi connectivity index (χ4v) is 3.53. The zero-order chi connectivity index (χ0) is 28.9. The minimum Gasteiger partial charge on any atom is -0.493 e. The van der Waals surface area contributed by atoms with E-state index < -0.39 is 0 Å². The molecule has 3 aromatic rings. The van der Waals surface area contributed by atoms with Crippen LogP contribution in [0.1, 0.15) is 69.9 Å². The lowest BCUT2D eigenvalue weighted by Crippen LogP contribution is -2.33. The van der Waals surface area contributed by atoms with E-state index in [9.17, 15) is 4.79 Å². The summed E-state index contributed by atoms with van der Waals surface area (Å²) in [6, 6.07) is 19.8. The van der Waals surface area contributed by atoms with Crippen molar-refractivity contribution in [3.8, 4) is 5.75 Å². The Morgan fingerprint density at radius 2 is 1.72 bits per heavy atom. The second-order valence-corrected chi connectivity index (χ2v) is 8.94. The van der Waals surface area contributed by atoms with Gasteiger partial charge in [0.05, 0.1) is 17.9 Å². The summed E-state index contributed by atoms with van der Waals surface area (Å²) in [6.45, 7) is 15.1. The third-order valence-electron chi connectivity index (χ3n) is 5.97. The highest BCUT2D eigenvalue weighted by Gasteiger charge is 2.22. The molecule has 7 heteroatoms. The highest BCUT2D eigenvalue weighted by Crippen LogP contribution is 2.25. The van der Waals surface area contributed by atoms with Gasteiger partial charge in [-0.2, -0.15) is 0 Å². The van der Waals surface area contributed by atoms with Crippen LogP contribution in [0.2, 0.25) is 0 Å². The van der Waals surface area contributed by atoms with Crippen molar-refractivity contribution in [1.82, 2.24) is 15.3 Å². The Hall–Kier alpha value is -3.45. The van der Waals surface area contributed by atoms with Crippen molar-refractivity contribution in [1.29, 1.82) is 0 Å². The summed E-state index contributed by atoms with van der Waals surface area (Å²) >= 11 is 0. The molecule has 39 heavy (non-hydrogen) atoms. The van der Waals surface area contributed by atoms with Gasteiger partial charge in [-0.15, -0.1) is 0 Å². The molecule has 2 N–H and O–H groups in total. The van der Waals surface area contributed by atoms with Gasteiger partial charge in [-0.3, -0.25) is 4.79 Å². The number of ether oxygens (including phenoxy) is 1. The lowest BCUT2D eigenvalue weighted by atomic mass is 10.0. The number of aryl methyl sites for hydroxylation is 1. The van der Waals surface area contributed by atoms with Gasteiger partial charge in [-0.05, 0) is 58.3 Å². The van der Waals surface area contributed by atoms with Gasteiger partial charge in [0.2, 0.25) is 5.95 Å². The summed E-state index contributed by atoms with van der Waals surface area (Å²) in [5.74, 6) is 1.76. The van der Waals surface area contributed by atoms with Crippen LogP contribution in [-0.4, -0.2) is 49.2 Å². The first kappa shape index (κ1) is 33.6. The molecular weight excluding hydrogens is 486 g/mol. The number of carbonyl (C=O) groups excluding carboxylic acids is 1. The molecule has 7 nitrogen and oxygen atoms in total. The first-order valence-electron chi connectivity index (χ1n) is 14.3. The largest absolute Gasteiger partial charge is 0.493 e. The molecule has 0 saturated heterocycles. The first-order chi connectivity index (χ1) is 19.0. The van der Waals surface area contributed by atoms with E-state index in [1.54, 1.807) is 6.20 Å². The third kappa shape index (κ3) is 12.8. The summed E-state index contributed by atoms with van der Waals surface area (Å²) in [5, 5.41) is 6.21. The summed E-state index contributed by atoms with van der Waals surface area (Å²) < 4.78 is 5.89. The predicted octanol–water partition coefficient (Wildman–Crippen LogP) is 7.00. The van der Waals surface area contributed by atoms with Crippen molar-refractivity contribution in [3.63, 3.8) is 0 Å². The van der Waals surface area contributed by atoms with Crippen LogP contribution in [0.15, 0.2) is 66.9 Å². The van der Waals surface area contributed by atoms with E-state index in [1.807, 2.05) is 100 Å². The summed E-state index contributed by atoms with van der Waals surface area (Å²) in [7, 11) is 1.93. The van der Waals surface area contributed by atoms with E-state index in [-0.39, 0.29) is 5.91 Å². The minimum atomic E-state index is -0.0869. The Morgan fingerprint density at radius 3 is 2.28 bits per heavy atom. The van der Waals surface area contributed by atoms with Gasteiger partial charge < -0.3 is 20.3 Å². The quantitative estimate of drug-likeness (QED) is 0.229. The molecular formula is C32H49N5O2. The van der Waals surface area contributed by atoms with Gasteiger partial charge in [0.25, 0.3) is 5.91 Å². The van der Waals surface area contributed by atoms with Crippen molar-refractivity contribution < 1.29 is 9.53 Å². The lowest BCUT2D eigenvalue weighted by Gasteiger charge is -2.25. The van der Waals surface area contributed by atoms with Gasteiger partial charge in [-0.25, -0.2) is 9.97 Å². The number of carbonyl (C=O) groups is 1. The van der Waals surface area contributed by atoms with Crippen LogP contribution >= 0.6 is 0 Å². The van der Waals surface area contributed by atoms with Gasteiger partial charge in [0, 0.05) is 31.0 Å². The molecule has 1 unspecified atom stereocenters. The zero-order valence-electron chi connectivity index (χ0n) is 25.0. The molecule has 0 aliphatic carbocycles. The van der Waals surface area contributed by atoms with Gasteiger partial charge >= 0.3 is 0 Å². The van der Waals surface area contributed by atoms with Gasteiger partial charge in [0.1, 0.15) is 5.75 Å². The van der Waals surface area contributed by atoms with E-state index >= 15 is 0 Å². The molecule has 3 rings (SSSR count). The molecule has 1 aromatic heterocycles. The third-order valence-corrected chi connectivity index (χ3v) is 5.97. The molecule has 214 valence electrons. The van der Waals surface area contributed by atoms with E-state index in [0.29, 0.717) is 36.3 Å². The highest BCUT2D eigenvalue weighted by molar-refractivity contribution is 6.06. The monoisotopic (exact) mass is 535 g/mol. The molecule has 0 spiro atoms. The number of nitrogens with zero attached hydrogens (tertiary/aromatic N) is 3. The SMILES string of the molecule is CC.CCNc1ncc(C(=O)N(CCC(C)CC)c2cccc(OCCCNC)c2)c(C)n1.c1ccccc1. The fraction of sp³-hybridized carbons (Fsp3) is 0.469. The van der Waals surface area contributed by atoms with Crippen LogP contribution < -0.4 is 20.3 Å². The Labute approximate surface area is 236 Å². The molecule has 0 fully saturated rings. The number of anilines is 2. The van der Waals surface area contributed by atoms with Crippen molar-refractivity contribution in [3.05, 3.63) is 78.1 Å². The number of benzene rings is 2. The van der Waals surface area contributed by atoms with E-state index in [0.717, 1.165) is 43.8 Å². The van der Waals surface area contributed by atoms with Crippen LogP contribution in [0.5, 0.6) is 5.75 Å². The Kier molecular flexibility index (Phi) is 17.7. The van der Waals surface area contributed by atoms with Gasteiger partial charge in [-0.1, -0.05) is 76.6 Å². The number of hydrogen-bond donors (Lipinski definition) is 2. The van der Waals surface area contributed by atoms with Crippen molar-refractivity contribution in [2.24, 2.45) is 5.92 Å². The summed E-state index contributed by atoms with van der Waals surface area (Å²) in [5.41, 5.74) is 2.02. The second-order valence-electron chi connectivity index (χ2n) is 8.94. The topological polar surface area (TPSA) is 79.4 Å². The summed E-state index contributed by atoms with van der Waals surface area (Å²) in [6.07, 6.45) is 4.55. The highest BCUT2D eigenvalue weighted by atomic mass is 16.5. The van der Waals surface area contributed by atoms with Crippen LogP contribution in [0.4, 0.5) is 11.6 Å². The normalized spacial score (nSPS) is 10.7. The van der Waals surface area contributed by atoms with Crippen molar-refractivity contribution in [2.75, 3.05) is 43.5 Å². The Balaban J connectivity index is 0.000000821. The molecule has 2 aromatic carbocycles. The van der Waals surface area contributed by atoms with Crippen molar-refractivity contribution >= 4 is 17.5 Å². The Bertz CT molecular complexity index is 1020. The van der Waals surface area contributed by atoms with Crippen LogP contribution in [-0.2, 0) is 0 Å². The smallest absolute Gasteiger partial charge is 0.261 e. The van der Waals surface area contributed by atoms with Gasteiger partial charge in [0.15, 0.2) is 0 Å². The molecule has 1 heterocycles. The maximum atomic E-state index is 13.5. The molecule has 0 aliphatic rings. The predicted molar refractivity (Wildman–Crippen MR) is 165 cm³/mol. The number of nitrogens with one attached hydrogen (secondary N) is 2. The van der Waals surface area contributed by atoms with E-state index in [4.69, 9.17) is 4.74 Å². The Morgan fingerprint density at radius 1 is 1.05 bits per heavy atom. The molecule has 1 atom stereocenters. The van der Waals surface area contributed by atoms with Crippen molar-refractivity contribution in [2.45, 2.75) is 60.8 Å². The second kappa shape index (κ2) is 20.5.